The number of aliphatic hydroxyl groups is 1. The second kappa shape index (κ2) is 5.50. The fourth-order valence-electron chi connectivity index (χ4n) is 2.40. The summed E-state index contributed by atoms with van der Waals surface area (Å²) in [4.78, 5) is 13.6. The lowest BCUT2D eigenvalue weighted by Gasteiger charge is -2.24. The molecule has 2 saturated heterocycles. The lowest BCUT2D eigenvalue weighted by atomic mass is 10.2. The van der Waals surface area contributed by atoms with E-state index in [2.05, 4.69) is 5.32 Å². The third-order valence-electron chi connectivity index (χ3n) is 3.35. The normalized spacial score (nSPS) is 29.7. The third-order valence-corrected chi connectivity index (χ3v) is 3.35. The number of likely N-dealkylation sites (tertiary alicyclic amines) is 1. The lowest BCUT2D eigenvalue weighted by molar-refractivity contribution is 0.106. The fourth-order valence-corrected chi connectivity index (χ4v) is 2.40. The summed E-state index contributed by atoms with van der Waals surface area (Å²) >= 11 is 0. The van der Waals surface area contributed by atoms with Crippen molar-refractivity contribution in [2.75, 3.05) is 26.3 Å². The van der Waals surface area contributed by atoms with Crippen LogP contribution in [0.2, 0.25) is 0 Å². The number of carbonyl (C=O) groups is 1. The zero-order chi connectivity index (χ0) is 11.4. The molecule has 0 radical (unpaired) electrons. The largest absolute Gasteiger partial charge is 0.394 e. The van der Waals surface area contributed by atoms with E-state index < -0.39 is 0 Å². The van der Waals surface area contributed by atoms with Crippen LogP contribution in [-0.4, -0.2) is 54.5 Å². The topological polar surface area (TPSA) is 61.8 Å². The summed E-state index contributed by atoms with van der Waals surface area (Å²) in [6.07, 6.45) is 4.19. The monoisotopic (exact) mass is 228 g/mol. The summed E-state index contributed by atoms with van der Waals surface area (Å²) in [5.41, 5.74) is 0. The van der Waals surface area contributed by atoms with Crippen LogP contribution in [0, 0.1) is 0 Å². The highest BCUT2D eigenvalue weighted by molar-refractivity contribution is 5.74. The van der Waals surface area contributed by atoms with E-state index >= 15 is 0 Å². The number of urea groups is 1. The molecule has 2 fully saturated rings. The van der Waals surface area contributed by atoms with Crippen LogP contribution in [0.4, 0.5) is 4.79 Å². The number of hydrogen-bond acceptors (Lipinski definition) is 3. The van der Waals surface area contributed by atoms with E-state index in [4.69, 9.17) is 9.84 Å². The molecule has 0 aromatic rings. The third kappa shape index (κ3) is 2.65. The number of rotatable bonds is 3. The number of aliphatic hydroxyl groups excluding tert-OH is 1. The van der Waals surface area contributed by atoms with Gasteiger partial charge in [0.15, 0.2) is 0 Å². The van der Waals surface area contributed by atoms with Gasteiger partial charge in [-0.15, -0.1) is 0 Å². The first kappa shape index (κ1) is 11.7. The van der Waals surface area contributed by atoms with Gasteiger partial charge in [-0.05, 0) is 25.7 Å². The second-order valence-electron chi connectivity index (χ2n) is 4.49. The van der Waals surface area contributed by atoms with Crippen molar-refractivity contribution in [3.8, 4) is 0 Å². The number of hydrogen-bond donors (Lipinski definition) is 2. The van der Waals surface area contributed by atoms with Crippen LogP contribution in [0.1, 0.15) is 25.7 Å². The van der Waals surface area contributed by atoms with Gasteiger partial charge in [-0.1, -0.05) is 0 Å². The van der Waals surface area contributed by atoms with Crippen molar-refractivity contribution < 1.29 is 14.6 Å². The first-order valence-corrected chi connectivity index (χ1v) is 6.08. The molecule has 92 valence electrons. The molecule has 2 atom stereocenters. The maximum absolute atomic E-state index is 11.8. The first-order chi connectivity index (χ1) is 7.81. The van der Waals surface area contributed by atoms with Crippen molar-refractivity contribution in [2.45, 2.75) is 37.8 Å². The molecule has 0 aromatic heterocycles. The highest BCUT2D eigenvalue weighted by Gasteiger charge is 2.28. The second-order valence-corrected chi connectivity index (χ2v) is 4.49. The standard InChI is InChI=1S/C11H20N2O3/c14-8-9-3-1-5-13(9)11(15)12-7-10-4-2-6-16-10/h9-10,14H,1-8H2,(H,12,15)/t9-,10?/m0/s1. The molecule has 5 nitrogen and oxygen atoms in total. The Hall–Kier alpha value is -0.810. The van der Waals surface area contributed by atoms with E-state index in [-0.39, 0.29) is 24.8 Å². The van der Waals surface area contributed by atoms with Gasteiger partial charge in [0.05, 0.1) is 18.8 Å². The Morgan fingerprint density at radius 2 is 2.31 bits per heavy atom. The predicted octanol–water partition coefficient (Wildman–Crippen LogP) is 0.332. The van der Waals surface area contributed by atoms with Gasteiger partial charge in [0.25, 0.3) is 0 Å². The van der Waals surface area contributed by atoms with Crippen LogP contribution in [0.3, 0.4) is 0 Å². The Morgan fingerprint density at radius 1 is 1.44 bits per heavy atom. The molecular weight excluding hydrogens is 208 g/mol. The van der Waals surface area contributed by atoms with Gasteiger partial charge in [0.1, 0.15) is 0 Å². The van der Waals surface area contributed by atoms with Crippen LogP contribution in [-0.2, 0) is 4.74 Å². The smallest absolute Gasteiger partial charge is 0.317 e. The van der Waals surface area contributed by atoms with Gasteiger partial charge >= 0.3 is 6.03 Å². The van der Waals surface area contributed by atoms with Crippen molar-refractivity contribution in [3.63, 3.8) is 0 Å². The molecule has 5 heteroatoms. The Bertz CT molecular complexity index is 241. The quantitative estimate of drug-likeness (QED) is 0.732. The Kier molecular flexibility index (Phi) is 4.01. The van der Waals surface area contributed by atoms with Crippen molar-refractivity contribution in [3.05, 3.63) is 0 Å². The molecule has 2 rings (SSSR count). The summed E-state index contributed by atoms with van der Waals surface area (Å²) in [5, 5.41) is 12.0. The number of ether oxygens (including phenoxy) is 1. The van der Waals surface area contributed by atoms with Crippen LogP contribution in [0.5, 0.6) is 0 Å². The molecule has 2 aliphatic rings. The minimum absolute atomic E-state index is 0.00416. The first-order valence-electron chi connectivity index (χ1n) is 6.08. The van der Waals surface area contributed by atoms with Gasteiger partial charge in [0.2, 0.25) is 0 Å². The number of nitrogens with one attached hydrogen (secondary N) is 1. The van der Waals surface area contributed by atoms with E-state index in [9.17, 15) is 4.79 Å². The Labute approximate surface area is 95.8 Å². The highest BCUT2D eigenvalue weighted by Crippen LogP contribution is 2.17. The van der Waals surface area contributed by atoms with Crippen LogP contribution >= 0.6 is 0 Å². The van der Waals surface area contributed by atoms with Crippen LogP contribution in [0.25, 0.3) is 0 Å². The Balaban J connectivity index is 1.74. The summed E-state index contributed by atoms with van der Waals surface area (Å²) in [5.74, 6) is 0. The maximum atomic E-state index is 11.8. The van der Waals surface area contributed by atoms with Gasteiger partial charge < -0.3 is 20.1 Å². The molecule has 1 unspecified atom stereocenters. The van der Waals surface area contributed by atoms with Crippen molar-refractivity contribution >= 4 is 6.03 Å². The van der Waals surface area contributed by atoms with Crippen molar-refractivity contribution in [2.24, 2.45) is 0 Å². The molecule has 16 heavy (non-hydrogen) atoms. The van der Waals surface area contributed by atoms with Crippen LogP contribution < -0.4 is 5.32 Å². The van der Waals surface area contributed by atoms with E-state index in [1.54, 1.807) is 4.90 Å². The maximum Gasteiger partial charge on any atom is 0.317 e. The molecular formula is C11H20N2O3. The number of amides is 2. The average Bonchev–Trinajstić information content (AvgIpc) is 2.96. The van der Waals surface area contributed by atoms with Crippen molar-refractivity contribution in [1.29, 1.82) is 0 Å². The van der Waals surface area contributed by atoms with E-state index in [0.29, 0.717) is 6.54 Å². The van der Waals surface area contributed by atoms with Gasteiger partial charge in [-0.3, -0.25) is 0 Å². The molecule has 0 spiro atoms. The molecule has 2 amide bonds. The molecule has 2 heterocycles. The minimum Gasteiger partial charge on any atom is -0.394 e. The SMILES string of the molecule is O=C(NCC1CCCO1)N1CCC[C@H]1CO. The van der Waals surface area contributed by atoms with Crippen LogP contribution in [0.15, 0.2) is 0 Å². The molecule has 0 aliphatic carbocycles. The van der Waals surface area contributed by atoms with Crippen molar-refractivity contribution in [1.82, 2.24) is 10.2 Å². The van der Waals surface area contributed by atoms with Gasteiger partial charge in [0, 0.05) is 19.7 Å². The molecule has 0 saturated carbocycles. The summed E-state index contributed by atoms with van der Waals surface area (Å²) in [6, 6.07) is -0.0588. The highest BCUT2D eigenvalue weighted by atomic mass is 16.5. The van der Waals surface area contributed by atoms with E-state index in [0.717, 1.165) is 38.8 Å². The zero-order valence-corrected chi connectivity index (χ0v) is 9.52. The molecule has 2 aliphatic heterocycles. The Morgan fingerprint density at radius 3 is 3.00 bits per heavy atom. The predicted molar refractivity (Wildman–Crippen MR) is 59.2 cm³/mol. The lowest BCUT2D eigenvalue weighted by Crippen LogP contribution is -2.46. The molecule has 0 aromatic carbocycles. The molecule has 2 N–H and O–H groups in total. The summed E-state index contributed by atoms with van der Waals surface area (Å²) in [7, 11) is 0. The minimum atomic E-state index is -0.0629. The zero-order valence-electron chi connectivity index (χ0n) is 9.52. The fraction of sp³-hybridized carbons (Fsp3) is 0.909. The average molecular weight is 228 g/mol. The number of carbonyl (C=O) groups excluding carboxylic acids is 1. The number of nitrogens with zero attached hydrogens (tertiary/aromatic N) is 1. The summed E-state index contributed by atoms with van der Waals surface area (Å²) in [6.45, 7) is 2.22. The van der Waals surface area contributed by atoms with E-state index in [1.807, 2.05) is 0 Å². The van der Waals surface area contributed by atoms with Gasteiger partial charge in [-0.2, -0.15) is 0 Å². The van der Waals surface area contributed by atoms with Gasteiger partial charge in [-0.25, -0.2) is 4.79 Å². The van der Waals surface area contributed by atoms with E-state index in [1.165, 1.54) is 0 Å². The summed E-state index contributed by atoms with van der Waals surface area (Å²) < 4.78 is 5.44. The molecule has 0 bridgehead atoms.